The molecule has 0 aliphatic heterocycles. The van der Waals surface area contributed by atoms with Crippen molar-refractivity contribution in [1.29, 1.82) is 0 Å². The molecule has 0 atom stereocenters. The monoisotopic (exact) mass is 447 g/mol. The smallest absolute Gasteiger partial charge is 0.334 e. The average molecular weight is 448 g/mol. The van der Waals surface area contributed by atoms with Crippen LogP contribution in [-0.4, -0.2) is 52.9 Å². The van der Waals surface area contributed by atoms with Crippen molar-refractivity contribution in [2.75, 3.05) is 33.1 Å². The van der Waals surface area contributed by atoms with Gasteiger partial charge < -0.3 is 18.9 Å². The zero-order valence-electron chi connectivity index (χ0n) is 18.8. The van der Waals surface area contributed by atoms with E-state index >= 15 is 0 Å². The lowest BCUT2D eigenvalue weighted by atomic mass is 10.1. The number of hydrogen-bond donors (Lipinski definition) is 1. The minimum Gasteiger partial charge on any atom is -0.460 e. The van der Waals surface area contributed by atoms with Gasteiger partial charge in [-0.05, 0) is 25.9 Å². The summed E-state index contributed by atoms with van der Waals surface area (Å²) in [5.74, 6) is 0.410. The van der Waals surface area contributed by atoms with Crippen molar-refractivity contribution in [3.8, 4) is 0 Å². The quantitative estimate of drug-likeness (QED) is 0.131. The highest BCUT2D eigenvalue weighted by Crippen LogP contribution is 2.18. The Hall–Kier alpha value is -0.833. The Kier molecular flexibility index (Phi) is 17.5. The van der Waals surface area contributed by atoms with Crippen LogP contribution in [0.15, 0.2) is 12.2 Å². The molecule has 0 radical (unpaired) electrons. The molecule has 0 saturated carbocycles. The van der Waals surface area contributed by atoms with Crippen LogP contribution in [0, 0.1) is 0 Å². The predicted octanol–water partition coefficient (Wildman–Crippen LogP) is 5.42. The first kappa shape index (κ1) is 28.2. The summed E-state index contributed by atoms with van der Waals surface area (Å²) in [6.45, 7) is 7.74. The topological polar surface area (TPSA) is 73.9 Å². The fraction of sp³-hybridized carbons (Fsp3) is 0.810. The van der Waals surface area contributed by atoms with E-state index < -0.39 is 14.5 Å². The van der Waals surface area contributed by atoms with Crippen LogP contribution in [0.4, 0.5) is 4.79 Å². The number of unbranched alkanes of at least 4 members (excludes halogenated alkanes) is 8. The molecule has 0 aromatic heterocycles. The van der Waals surface area contributed by atoms with E-state index in [4.69, 9.17) is 13.6 Å². The molecule has 1 N–H and O–H groups in total. The van der Waals surface area contributed by atoms with Gasteiger partial charge in [-0.25, -0.2) is 4.79 Å². The third-order valence-electron chi connectivity index (χ3n) is 4.83. The molecule has 1 amide bonds. The van der Waals surface area contributed by atoms with Crippen LogP contribution in [0.25, 0.3) is 0 Å². The van der Waals surface area contributed by atoms with Crippen LogP contribution in [0.5, 0.6) is 0 Å². The van der Waals surface area contributed by atoms with Crippen molar-refractivity contribution in [2.24, 2.45) is 0 Å². The van der Waals surface area contributed by atoms with Gasteiger partial charge in [-0.15, -0.1) is 0 Å². The van der Waals surface area contributed by atoms with Gasteiger partial charge in [0.05, 0.1) is 6.54 Å². The van der Waals surface area contributed by atoms with Crippen LogP contribution in [0.2, 0.25) is 12.6 Å². The fourth-order valence-corrected chi connectivity index (χ4v) is 4.91. The SMILES string of the molecule is C=C(C)C(=O)OCCNC(=O)SCCCCCCCCCCC[Si](C)(OC)OC. The normalized spacial score (nSPS) is 11.3. The second-order valence-electron chi connectivity index (χ2n) is 7.45. The largest absolute Gasteiger partial charge is 0.460 e. The highest BCUT2D eigenvalue weighted by molar-refractivity contribution is 8.13. The van der Waals surface area contributed by atoms with Crippen molar-refractivity contribution in [3.05, 3.63) is 12.2 Å². The van der Waals surface area contributed by atoms with Gasteiger partial charge in [0.15, 0.2) is 0 Å². The highest BCUT2D eigenvalue weighted by atomic mass is 32.2. The van der Waals surface area contributed by atoms with Crippen LogP contribution < -0.4 is 5.32 Å². The minimum atomic E-state index is -1.87. The Morgan fingerprint density at radius 1 is 0.931 bits per heavy atom. The van der Waals surface area contributed by atoms with Gasteiger partial charge in [-0.1, -0.05) is 69.7 Å². The molecule has 0 saturated heterocycles. The van der Waals surface area contributed by atoms with Gasteiger partial charge in [0.25, 0.3) is 5.24 Å². The number of hydrogen-bond acceptors (Lipinski definition) is 6. The van der Waals surface area contributed by atoms with Crippen LogP contribution in [0.3, 0.4) is 0 Å². The summed E-state index contributed by atoms with van der Waals surface area (Å²) in [6.07, 6.45) is 11.1. The summed E-state index contributed by atoms with van der Waals surface area (Å²) < 4.78 is 15.9. The first-order valence-electron chi connectivity index (χ1n) is 10.7. The maximum absolute atomic E-state index is 11.7. The Balaban J connectivity index is 3.35. The van der Waals surface area contributed by atoms with E-state index in [1.165, 1.54) is 63.1 Å². The van der Waals surface area contributed by atoms with E-state index in [0.717, 1.165) is 18.2 Å². The lowest BCUT2D eigenvalue weighted by molar-refractivity contribution is -0.138. The molecule has 6 nitrogen and oxygen atoms in total. The summed E-state index contributed by atoms with van der Waals surface area (Å²) in [7, 11) is 1.64. The van der Waals surface area contributed by atoms with E-state index in [1.54, 1.807) is 21.1 Å². The third-order valence-corrected chi connectivity index (χ3v) is 8.71. The number of esters is 1. The molecule has 0 heterocycles. The molecule has 0 bridgehead atoms. The van der Waals surface area contributed by atoms with E-state index in [-0.39, 0.29) is 11.8 Å². The Labute approximate surface area is 182 Å². The molecule has 0 unspecified atom stereocenters. The van der Waals surface area contributed by atoms with Gasteiger partial charge in [-0.3, -0.25) is 4.79 Å². The molecule has 8 heteroatoms. The van der Waals surface area contributed by atoms with Crippen molar-refractivity contribution in [3.63, 3.8) is 0 Å². The van der Waals surface area contributed by atoms with Crippen LogP contribution in [-0.2, 0) is 18.4 Å². The first-order valence-corrected chi connectivity index (χ1v) is 14.2. The Morgan fingerprint density at radius 2 is 1.45 bits per heavy atom. The third kappa shape index (κ3) is 16.6. The van der Waals surface area contributed by atoms with Crippen molar-refractivity contribution >= 4 is 31.5 Å². The van der Waals surface area contributed by atoms with Gasteiger partial charge in [0, 0.05) is 25.5 Å². The molecule has 170 valence electrons. The van der Waals surface area contributed by atoms with Gasteiger partial charge >= 0.3 is 14.5 Å². The zero-order chi connectivity index (χ0) is 22.0. The number of carbonyl (C=O) groups excluding carboxylic acids is 2. The molecule has 0 fully saturated rings. The molecule has 29 heavy (non-hydrogen) atoms. The number of ether oxygens (including phenoxy) is 1. The number of nitrogens with one attached hydrogen (secondary N) is 1. The fourth-order valence-electron chi connectivity index (χ4n) is 2.71. The number of amides is 1. The van der Waals surface area contributed by atoms with Crippen LogP contribution in [0.1, 0.15) is 64.7 Å². The molecule has 0 aromatic carbocycles. The van der Waals surface area contributed by atoms with E-state index in [0.29, 0.717) is 12.1 Å². The predicted molar refractivity (Wildman–Crippen MR) is 124 cm³/mol. The second-order valence-corrected chi connectivity index (χ2v) is 12.1. The standard InChI is InChI=1S/C21H41NO5SSi/c1-19(2)20(23)27-16-15-22-21(24)28-17-13-11-9-7-6-8-10-12-14-18-29(5,25-3)26-4/h1,6-18H2,2-5H3,(H,22,24). The molecular weight excluding hydrogens is 406 g/mol. The number of carbonyl (C=O) groups is 2. The van der Waals surface area contributed by atoms with Crippen molar-refractivity contribution < 1.29 is 23.2 Å². The molecule has 0 spiro atoms. The number of thioether (sulfide) groups is 1. The van der Waals surface area contributed by atoms with E-state index in [1.807, 2.05) is 0 Å². The highest BCUT2D eigenvalue weighted by Gasteiger charge is 2.27. The zero-order valence-corrected chi connectivity index (χ0v) is 20.7. The maximum Gasteiger partial charge on any atom is 0.334 e. The molecule has 0 rings (SSSR count). The van der Waals surface area contributed by atoms with Crippen molar-refractivity contribution in [1.82, 2.24) is 5.32 Å². The maximum atomic E-state index is 11.7. The van der Waals surface area contributed by atoms with Crippen molar-refractivity contribution in [2.45, 2.75) is 77.3 Å². The minimum absolute atomic E-state index is 0.0579. The Morgan fingerprint density at radius 3 is 1.97 bits per heavy atom. The molecule has 0 aliphatic carbocycles. The Bertz CT molecular complexity index is 472. The molecule has 0 aliphatic rings. The van der Waals surface area contributed by atoms with Gasteiger partial charge in [-0.2, -0.15) is 0 Å². The summed E-state index contributed by atoms with van der Waals surface area (Å²) in [6, 6.07) is 1.07. The lowest BCUT2D eigenvalue weighted by Crippen LogP contribution is -2.35. The van der Waals surface area contributed by atoms with Crippen LogP contribution >= 0.6 is 11.8 Å². The lowest BCUT2D eigenvalue weighted by Gasteiger charge is -2.22. The van der Waals surface area contributed by atoms with E-state index in [2.05, 4.69) is 18.4 Å². The first-order chi connectivity index (χ1) is 13.8. The summed E-state index contributed by atoms with van der Waals surface area (Å²) in [5.41, 5.74) is 0.365. The summed E-state index contributed by atoms with van der Waals surface area (Å²) >= 11 is 1.30. The second kappa shape index (κ2) is 18.0. The van der Waals surface area contributed by atoms with Gasteiger partial charge in [0.2, 0.25) is 0 Å². The average Bonchev–Trinajstić information content (AvgIpc) is 2.71. The summed E-state index contributed by atoms with van der Waals surface area (Å²) in [5, 5.41) is 2.68. The summed E-state index contributed by atoms with van der Waals surface area (Å²) in [4.78, 5) is 22.8. The van der Waals surface area contributed by atoms with E-state index in [9.17, 15) is 9.59 Å². The molecule has 0 aromatic rings. The molecular formula is C21H41NO5SSi. The number of rotatable bonds is 18. The van der Waals surface area contributed by atoms with Gasteiger partial charge in [0.1, 0.15) is 6.61 Å².